The van der Waals surface area contributed by atoms with E-state index in [-0.39, 0.29) is 6.54 Å². The second-order valence-corrected chi connectivity index (χ2v) is 7.46. The van der Waals surface area contributed by atoms with Gasteiger partial charge in [0.05, 0.1) is 30.5 Å². The fourth-order valence-electron chi connectivity index (χ4n) is 3.70. The number of carbonyl (C=O) groups is 1. The molecule has 32 heavy (non-hydrogen) atoms. The number of carbonyl (C=O) groups excluding carboxylic acids is 1. The van der Waals surface area contributed by atoms with Crippen molar-refractivity contribution in [2.45, 2.75) is 25.6 Å². The number of amides is 1. The molecule has 166 valence electrons. The Kier molecular flexibility index (Phi) is 5.73. The summed E-state index contributed by atoms with van der Waals surface area (Å²) < 4.78 is 50.7. The zero-order valence-corrected chi connectivity index (χ0v) is 17.4. The van der Waals surface area contributed by atoms with Crippen molar-refractivity contribution in [3.63, 3.8) is 0 Å². The number of aromatic nitrogens is 2. The third kappa shape index (κ3) is 4.37. The second kappa shape index (κ2) is 8.49. The molecule has 2 heterocycles. The van der Waals surface area contributed by atoms with Crippen LogP contribution >= 0.6 is 0 Å². The van der Waals surface area contributed by atoms with Crippen LogP contribution in [0, 0.1) is 6.92 Å². The van der Waals surface area contributed by atoms with Gasteiger partial charge in [0, 0.05) is 18.1 Å². The molecule has 1 aliphatic heterocycles. The average Bonchev–Trinajstić information content (AvgIpc) is 3.19. The summed E-state index contributed by atoms with van der Waals surface area (Å²) in [7, 11) is 1.50. The highest BCUT2D eigenvalue weighted by molar-refractivity contribution is 5.95. The van der Waals surface area contributed by atoms with Crippen molar-refractivity contribution in [3.05, 3.63) is 70.8 Å². The SMILES string of the molecule is COc1ccc(-c2cc(C)cc3c2O[C@@H](CNC(=O)c2ccccc2C(F)(F)F)C3)nn1. The summed E-state index contributed by atoms with van der Waals surface area (Å²) in [5, 5.41) is 10.7. The van der Waals surface area contributed by atoms with Gasteiger partial charge in [-0.05, 0) is 42.3 Å². The number of fused-ring (bicyclic) bond motifs is 1. The molecular formula is C23H20F3N3O3. The van der Waals surface area contributed by atoms with Crippen molar-refractivity contribution in [1.29, 1.82) is 0 Å². The number of alkyl halides is 3. The van der Waals surface area contributed by atoms with Crippen LogP contribution in [0.4, 0.5) is 13.2 Å². The maximum Gasteiger partial charge on any atom is 0.417 e. The average molecular weight is 443 g/mol. The minimum atomic E-state index is -4.61. The van der Waals surface area contributed by atoms with E-state index in [2.05, 4.69) is 15.5 Å². The van der Waals surface area contributed by atoms with Crippen LogP contribution in [0.15, 0.2) is 48.5 Å². The molecule has 2 aromatic carbocycles. The third-order valence-corrected chi connectivity index (χ3v) is 5.13. The van der Waals surface area contributed by atoms with Crippen molar-refractivity contribution in [2.24, 2.45) is 0 Å². The maximum absolute atomic E-state index is 13.2. The van der Waals surface area contributed by atoms with Crippen molar-refractivity contribution in [3.8, 4) is 22.9 Å². The summed E-state index contributed by atoms with van der Waals surface area (Å²) in [6.07, 6.45) is -4.52. The van der Waals surface area contributed by atoms with E-state index in [9.17, 15) is 18.0 Å². The minimum Gasteiger partial charge on any atom is -0.487 e. The minimum absolute atomic E-state index is 0.0620. The Bertz CT molecular complexity index is 1150. The normalized spacial score (nSPS) is 15.1. The zero-order chi connectivity index (χ0) is 22.9. The predicted octanol–water partition coefficient (Wildman–Crippen LogP) is 4.21. The van der Waals surface area contributed by atoms with E-state index >= 15 is 0 Å². The van der Waals surface area contributed by atoms with Gasteiger partial charge in [0.1, 0.15) is 11.9 Å². The molecule has 1 amide bonds. The van der Waals surface area contributed by atoms with E-state index in [1.807, 2.05) is 19.1 Å². The first-order chi connectivity index (χ1) is 15.3. The van der Waals surface area contributed by atoms with Gasteiger partial charge in [-0.1, -0.05) is 18.2 Å². The Morgan fingerprint density at radius 3 is 2.66 bits per heavy atom. The molecule has 0 radical (unpaired) electrons. The van der Waals surface area contributed by atoms with E-state index in [0.29, 0.717) is 23.7 Å². The molecule has 4 rings (SSSR count). The molecule has 9 heteroatoms. The molecule has 1 atom stereocenters. The van der Waals surface area contributed by atoms with Gasteiger partial charge in [0.25, 0.3) is 5.91 Å². The number of rotatable bonds is 5. The monoisotopic (exact) mass is 443 g/mol. The van der Waals surface area contributed by atoms with Gasteiger partial charge in [0.2, 0.25) is 5.88 Å². The highest BCUT2D eigenvalue weighted by atomic mass is 19.4. The van der Waals surface area contributed by atoms with E-state index in [0.717, 1.165) is 28.8 Å². The fraction of sp³-hybridized carbons (Fsp3) is 0.261. The number of hydrogen-bond donors (Lipinski definition) is 1. The summed E-state index contributed by atoms with van der Waals surface area (Å²) >= 11 is 0. The first kappa shape index (κ1) is 21.6. The quantitative estimate of drug-likeness (QED) is 0.640. The summed E-state index contributed by atoms with van der Waals surface area (Å²) in [5.74, 6) is 0.221. The number of nitrogens with zero attached hydrogens (tertiary/aromatic N) is 2. The molecule has 0 saturated carbocycles. The lowest BCUT2D eigenvalue weighted by atomic mass is 10.0. The van der Waals surface area contributed by atoms with Gasteiger partial charge in [0.15, 0.2) is 0 Å². The van der Waals surface area contributed by atoms with Crippen molar-refractivity contribution >= 4 is 5.91 Å². The predicted molar refractivity (Wildman–Crippen MR) is 111 cm³/mol. The molecule has 0 unspecified atom stereocenters. The lowest BCUT2D eigenvalue weighted by Crippen LogP contribution is -2.35. The van der Waals surface area contributed by atoms with Crippen molar-refractivity contribution in [2.75, 3.05) is 13.7 Å². The largest absolute Gasteiger partial charge is 0.487 e. The first-order valence-electron chi connectivity index (χ1n) is 9.89. The smallest absolute Gasteiger partial charge is 0.417 e. The van der Waals surface area contributed by atoms with E-state index < -0.39 is 29.3 Å². The van der Waals surface area contributed by atoms with Gasteiger partial charge in [-0.25, -0.2) is 0 Å². The van der Waals surface area contributed by atoms with Crippen LogP contribution in [0.25, 0.3) is 11.3 Å². The van der Waals surface area contributed by atoms with Crippen molar-refractivity contribution < 1.29 is 27.4 Å². The number of nitrogens with one attached hydrogen (secondary N) is 1. The van der Waals surface area contributed by atoms with Crippen LogP contribution in [0.3, 0.4) is 0 Å². The van der Waals surface area contributed by atoms with Crippen LogP contribution in [0.2, 0.25) is 0 Å². The Morgan fingerprint density at radius 2 is 1.97 bits per heavy atom. The Labute approximate surface area is 182 Å². The highest BCUT2D eigenvalue weighted by Crippen LogP contribution is 2.39. The zero-order valence-electron chi connectivity index (χ0n) is 17.4. The molecule has 0 aliphatic carbocycles. The van der Waals surface area contributed by atoms with Crippen LogP contribution < -0.4 is 14.8 Å². The Balaban J connectivity index is 1.50. The van der Waals surface area contributed by atoms with Gasteiger partial charge >= 0.3 is 6.18 Å². The van der Waals surface area contributed by atoms with E-state index in [4.69, 9.17) is 9.47 Å². The van der Waals surface area contributed by atoms with Gasteiger partial charge < -0.3 is 14.8 Å². The molecule has 1 aromatic heterocycles. The van der Waals surface area contributed by atoms with E-state index in [1.165, 1.54) is 19.2 Å². The lowest BCUT2D eigenvalue weighted by molar-refractivity contribution is -0.137. The molecular weight excluding hydrogens is 423 g/mol. The maximum atomic E-state index is 13.2. The number of halogens is 3. The third-order valence-electron chi connectivity index (χ3n) is 5.13. The molecule has 1 aliphatic rings. The Morgan fingerprint density at radius 1 is 1.19 bits per heavy atom. The van der Waals surface area contributed by atoms with Crippen molar-refractivity contribution in [1.82, 2.24) is 15.5 Å². The molecule has 1 N–H and O–H groups in total. The molecule has 6 nitrogen and oxygen atoms in total. The van der Waals surface area contributed by atoms with Gasteiger partial charge in [-0.3, -0.25) is 4.79 Å². The second-order valence-electron chi connectivity index (χ2n) is 7.46. The summed E-state index contributed by atoms with van der Waals surface area (Å²) in [5.41, 5.74) is 1.92. The Hall–Kier alpha value is -3.62. The van der Waals surface area contributed by atoms with Crippen LogP contribution in [0.5, 0.6) is 11.6 Å². The topological polar surface area (TPSA) is 73.3 Å². The molecule has 3 aromatic rings. The number of hydrogen-bond acceptors (Lipinski definition) is 5. The molecule has 0 saturated heterocycles. The molecule has 0 fully saturated rings. The van der Waals surface area contributed by atoms with Crippen LogP contribution in [0.1, 0.15) is 27.0 Å². The lowest BCUT2D eigenvalue weighted by Gasteiger charge is -2.15. The summed E-state index contributed by atoms with van der Waals surface area (Å²) in [6, 6.07) is 12.1. The first-order valence-corrected chi connectivity index (χ1v) is 9.89. The molecule has 0 bridgehead atoms. The van der Waals surface area contributed by atoms with E-state index in [1.54, 1.807) is 12.1 Å². The molecule has 0 spiro atoms. The highest BCUT2D eigenvalue weighted by Gasteiger charge is 2.35. The number of benzene rings is 2. The van der Waals surface area contributed by atoms with Crippen LogP contribution in [-0.2, 0) is 12.6 Å². The number of ether oxygens (including phenoxy) is 2. The van der Waals surface area contributed by atoms with Gasteiger partial charge in [-0.2, -0.15) is 13.2 Å². The number of methoxy groups -OCH3 is 1. The summed E-state index contributed by atoms with van der Waals surface area (Å²) in [4.78, 5) is 12.4. The fourth-order valence-corrected chi connectivity index (χ4v) is 3.70. The summed E-state index contributed by atoms with van der Waals surface area (Å²) in [6.45, 7) is 2.01. The standard InChI is InChI=1S/C23H20F3N3O3/c1-13-9-14-11-15(12-27-22(30)16-5-3-4-6-18(16)23(24,25)26)32-21(14)17(10-13)19-7-8-20(31-2)29-28-19/h3-10,15H,11-12H2,1-2H3,(H,27,30)/t15-/m1/s1. The number of aryl methyl sites for hydroxylation is 1. The van der Waals surface area contributed by atoms with Crippen LogP contribution in [-0.4, -0.2) is 35.9 Å². The van der Waals surface area contributed by atoms with Gasteiger partial charge in [-0.15, -0.1) is 10.2 Å².